The van der Waals surface area contributed by atoms with Crippen molar-refractivity contribution in [1.29, 1.82) is 0 Å². The molecule has 1 aromatic heterocycles. The monoisotopic (exact) mass is 361 g/mol. The van der Waals surface area contributed by atoms with Crippen LogP contribution in [0.1, 0.15) is 35.6 Å². The van der Waals surface area contributed by atoms with Crippen molar-refractivity contribution in [2.45, 2.75) is 31.8 Å². The minimum atomic E-state index is -4.68. The van der Waals surface area contributed by atoms with Crippen molar-refractivity contribution in [3.05, 3.63) is 35.2 Å². The molecule has 0 atom stereocenters. The summed E-state index contributed by atoms with van der Waals surface area (Å²) >= 11 is 0. The van der Waals surface area contributed by atoms with Gasteiger partial charge in [-0.15, -0.1) is 5.10 Å². The highest BCUT2D eigenvalue weighted by Gasteiger charge is 2.33. The minimum Gasteiger partial charge on any atom is -0.293 e. The second-order valence-corrected chi connectivity index (χ2v) is 7.32. The average Bonchev–Trinajstić information content (AvgIpc) is 2.87. The Hall–Kier alpha value is -2.23. The largest absolute Gasteiger partial charge is 0.416 e. The van der Waals surface area contributed by atoms with E-state index in [0.29, 0.717) is 6.07 Å². The first kappa shape index (κ1) is 18.1. The molecule has 0 aliphatic heterocycles. The highest BCUT2D eigenvalue weighted by atomic mass is 32.2. The number of halogens is 3. The zero-order valence-electron chi connectivity index (χ0n) is 13.0. The van der Waals surface area contributed by atoms with E-state index in [0.717, 1.165) is 16.8 Å². The molecule has 0 spiro atoms. The first-order valence-electron chi connectivity index (χ1n) is 6.86. The predicted molar refractivity (Wildman–Crippen MR) is 78.8 cm³/mol. The van der Waals surface area contributed by atoms with Crippen LogP contribution in [0.3, 0.4) is 0 Å². The molecule has 0 fully saturated rings. The number of hydrogen-bond acceptors (Lipinski definition) is 5. The molecule has 0 bridgehead atoms. The number of sulfone groups is 1. The maximum Gasteiger partial charge on any atom is 0.416 e. The summed E-state index contributed by atoms with van der Waals surface area (Å²) in [6.45, 7) is 4.07. The smallest absolute Gasteiger partial charge is 0.293 e. The first-order valence-corrected chi connectivity index (χ1v) is 8.52. The summed E-state index contributed by atoms with van der Waals surface area (Å²) in [5, 5.41) is 7.37. The summed E-state index contributed by atoms with van der Waals surface area (Å²) in [6.07, 6.45) is -4.68. The van der Waals surface area contributed by atoms with Crippen LogP contribution >= 0.6 is 0 Å². The second kappa shape index (κ2) is 6.00. The second-order valence-electron chi connectivity index (χ2n) is 5.08. The molecule has 0 saturated heterocycles. The molecule has 2 aromatic rings. The molecule has 1 heterocycles. The van der Waals surface area contributed by atoms with Crippen LogP contribution in [0.4, 0.5) is 13.2 Å². The highest BCUT2D eigenvalue weighted by molar-refractivity contribution is 7.91. The molecule has 0 unspecified atom stereocenters. The average molecular weight is 361 g/mol. The number of hydrogen-bond donors (Lipinski definition) is 0. The summed E-state index contributed by atoms with van der Waals surface area (Å²) in [6, 6.07) is 2.35. The van der Waals surface area contributed by atoms with Crippen LogP contribution in [0, 0.1) is 6.92 Å². The summed E-state index contributed by atoms with van der Waals surface area (Å²) in [5.41, 5.74) is -0.894. The molecule has 0 aliphatic rings. The van der Waals surface area contributed by atoms with E-state index in [-0.39, 0.29) is 28.6 Å². The van der Waals surface area contributed by atoms with E-state index in [1.807, 2.05) is 0 Å². The minimum absolute atomic E-state index is 0.0229. The van der Waals surface area contributed by atoms with Gasteiger partial charge in [-0.2, -0.15) is 13.2 Å². The zero-order valence-corrected chi connectivity index (χ0v) is 13.9. The quantitative estimate of drug-likeness (QED) is 0.782. The Bertz CT molecular complexity index is 902. The molecular formula is C14H14F3N3O3S. The first-order chi connectivity index (χ1) is 11.0. The van der Waals surface area contributed by atoms with Crippen molar-refractivity contribution >= 4 is 15.6 Å². The molecular weight excluding hydrogens is 347 g/mol. The van der Waals surface area contributed by atoms with Gasteiger partial charge in [0.15, 0.2) is 21.3 Å². The number of aromatic nitrogens is 3. The van der Waals surface area contributed by atoms with E-state index in [4.69, 9.17) is 0 Å². The van der Waals surface area contributed by atoms with Gasteiger partial charge in [0.1, 0.15) is 0 Å². The topological polar surface area (TPSA) is 81.9 Å². The third-order valence-corrected chi connectivity index (χ3v) is 5.22. The molecule has 0 saturated carbocycles. The Morgan fingerprint density at radius 3 is 2.38 bits per heavy atom. The Balaban J connectivity index is 2.78. The van der Waals surface area contributed by atoms with Gasteiger partial charge in [0.2, 0.25) is 0 Å². The normalized spacial score (nSPS) is 12.4. The molecule has 0 N–H and O–H groups in total. The number of benzene rings is 1. The maximum absolute atomic E-state index is 12.9. The molecule has 2 rings (SSSR count). The van der Waals surface area contributed by atoms with Crippen molar-refractivity contribution in [3.8, 4) is 5.69 Å². The fourth-order valence-corrected chi connectivity index (χ4v) is 3.24. The van der Waals surface area contributed by atoms with Crippen LogP contribution in [0.2, 0.25) is 0 Å². The number of nitrogens with zero attached hydrogens (tertiary/aromatic N) is 3. The third kappa shape index (κ3) is 3.18. The van der Waals surface area contributed by atoms with Gasteiger partial charge in [0.05, 0.1) is 27.6 Å². The lowest BCUT2D eigenvalue weighted by Gasteiger charge is -2.14. The molecule has 0 amide bonds. The van der Waals surface area contributed by atoms with Gasteiger partial charge in [-0.05, 0) is 25.1 Å². The molecule has 6 nitrogen and oxygen atoms in total. The zero-order chi connectivity index (χ0) is 18.3. The standard InChI is InChI=1S/C14H14F3N3O3S/c1-4-24(22,23)12-7-10(14(15,16)17)5-6-11(12)20-8(2)13(9(3)21)18-19-20/h5-7H,4H2,1-3H3. The predicted octanol–water partition coefficient (Wildman–Crippen LogP) is 2.59. The number of rotatable bonds is 4. The Labute approximate surface area is 136 Å². The Morgan fingerprint density at radius 1 is 1.29 bits per heavy atom. The number of alkyl halides is 3. The van der Waals surface area contributed by atoms with E-state index in [2.05, 4.69) is 10.3 Å². The lowest BCUT2D eigenvalue weighted by Crippen LogP contribution is -2.14. The van der Waals surface area contributed by atoms with Crippen LogP contribution in [0.15, 0.2) is 23.1 Å². The van der Waals surface area contributed by atoms with Crippen LogP contribution in [0.25, 0.3) is 5.69 Å². The van der Waals surface area contributed by atoms with Gasteiger partial charge in [-0.1, -0.05) is 12.1 Å². The highest BCUT2D eigenvalue weighted by Crippen LogP contribution is 2.33. The van der Waals surface area contributed by atoms with E-state index in [1.54, 1.807) is 0 Å². The Kier molecular flexibility index (Phi) is 4.53. The van der Waals surface area contributed by atoms with Crippen molar-refractivity contribution in [2.75, 3.05) is 5.75 Å². The van der Waals surface area contributed by atoms with Crippen molar-refractivity contribution < 1.29 is 26.4 Å². The lowest BCUT2D eigenvalue weighted by atomic mass is 10.2. The van der Waals surface area contributed by atoms with Crippen molar-refractivity contribution in [3.63, 3.8) is 0 Å². The van der Waals surface area contributed by atoms with E-state index in [1.165, 1.54) is 20.8 Å². The molecule has 130 valence electrons. The number of Topliss-reactive ketones (excluding diaryl/α,β-unsaturated/α-hetero) is 1. The van der Waals surface area contributed by atoms with E-state index in [9.17, 15) is 26.4 Å². The SMILES string of the molecule is CCS(=O)(=O)c1cc(C(F)(F)F)ccc1-n1nnc(C(C)=O)c1C. The Morgan fingerprint density at radius 2 is 1.92 bits per heavy atom. The van der Waals surface area contributed by atoms with E-state index < -0.39 is 26.5 Å². The van der Waals surface area contributed by atoms with Crippen LogP contribution in [0.5, 0.6) is 0 Å². The summed E-state index contributed by atoms with van der Waals surface area (Å²) in [5.74, 6) is -0.764. The van der Waals surface area contributed by atoms with Crippen LogP contribution < -0.4 is 0 Å². The fraction of sp³-hybridized carbons (Fsp3) is 0.357. The van der Waals surface area contributed by atoms with Crippen molar-refractivity contribution in [1.82, 2.24) is 15.0 Å². The molecule has 10 heteroatoms. The van der Waals surface area contributed by atoms with E-state index >= 15 is 0 Å². The number of carbonyl (C=O) groups excluding carboxylic acids is 1. The van der Waals surface area contributed by atoms with Gasteiger partial charge in [0.25, 0.3) is 0 Å². The molecule has 0 aliphatic carbocycles. The van der Waals surface area contributed by atoms with Gasteiger partial charge in [-0.25, -0.2) is 13.1 Å². The van der Waals surface area contributed by atoms with Gasteiger partial charge in [-0.3, -0.25) is 4.79 Å². The van der Waals surface area contributed by atoms with Gasteiger partial charge >= 0.3 is 6.18 Å². The summed E-state index contributed by atoms with van der Waals surface area (Å²) in [4.78, 5) is 10.9. The lowest BCUT2D eigenvalue weighted by molar-refractivity contribution is -0.137. The van der Waals surface area contributed by atoms with Crippen LogP contribution in [-0.2, 0) is 16.0 Å². The molecule has 1 aromatic carbocycles. The number of ketones is 1. The number of carbonyl (C=O) groups is 1. The third-order valence-electron chi connectivity index (χ3n) is 3.46. The summed E-state index contributed by atoms with van der Waals surface area (Å²) in [7, 11) is -3.96. The van der Waals surface area contributed by atoms with Gasteiger partial charge in [0, 0.05) is 6.92 Å². The molecule has 24 heavy (non-hydrogen) atoms. The van der Waals surface area contributed by atoms with Crippen molar-refractivity contribution in [2.24, 2.45) is 0 Å². The summed E-state index contributed by atoms with van der Waals surface area (Å²) < 4.78 is 64.2. The van der Waals surface area contributed by atoms with Gasteiger partial charge < -0.3 is 0 Å². The fourth-order valence-electron chi connectivity index (χ4n) is 2.15. The molecule has 0 radical (unpaired) electrons. The maximum atomic E-state index is 12.9. The van der Waals surface area contributed by atoms with Crippen LogP contribution in [-0.4, -0.2) is 34.9 Å².